The Morgan fingerprint density at radius 3 is 2.89 bits per heavy atom. The zero-order valence-electron chi connectivity index (χ0n) is 15.7. The fraction of sp³-hybridized carbons (Fsp3) is 0.333. The zero-order chi connectivity index (χ0) is 19.7. The van der Waals surface area contributed by atoms with Crippen LogP contribution in [0.1, 0.15) is 48.5 Å². The maximum atomic E-state index is 13.1. The van der Waals surface area contributed by atoms with Crippen LogP contribution < -0.4 is 21.2 Å². The van der Waals surface area contributed by atoms with Crippen molar-refractivity contribution in [2.45, 2.75) is 38.1 Å². The second-order valence-electron chi connectivity index (χ2n) is 7.19. The van der Waals surface area contributed by atoms with Gasteiger partial charge in [-0.3, -0.25) is 14.0 Å². The maximum absolute atomic E-state index is 13.1. The van der Waals surface area contributed by atoms with Crippen molar-refractivity contribution in [1.82, 2.24) is 14.7 Å². The normalized spacial score (nSPS) is 15.0. The monoisotopic (exact) mass is 378 g/mol. The summed E-state index contributed by atoms with van der Waals surface area (Å²) in [6.45, 7) is 3.95. The van der Waals surface area contributed by atoms with Crippen LogP contribution in [0, 0.1) is 0 Å². The number of carbonyl (C=O) groups is 1. The summed E-state index contributed by atoms with van der Waals surface area (Å²) in [6.07, 6.45) is 8.58. The Hall–Kier alpha value is -3.22. The smallest absolute Gasteiger partial charge is 0.278 e. The Morgan fingerprint density at radius 1 is 1.36 bits per heavy atom. The standard InChI is InChI=1S/C21H23N5O2/c1-2-11-23-20(27)15-13-16-19(24-17-10-6-7-12-25(17)21(16)28)26(18(15)22)14-8-4-3-5-9-14/h2,6-7,10,12-14,22H,1,3-5,8-9,11H2,(H,23,27)/p+1. The number of amides is 1. The van der Waals surface area contributed by atoms with E-state index < -0.39 is 0 Å². The third-order valence-electron chi connectivity index (χ3n) is 5.39. The average Bonchev–Trinajstić information content (AvgIpc) is 2.72. The first-order chi connectivity index (χ1) is 13.6. The number of rotatable bonds is 4. The first-order valence-corrected chi connectivity index (χ1v) is 9.66. The SMILES string of the molecule is C=CCNC(=O)c1cc2c(=O)n3ccccc3nc2[n+](C2CCCCC2)c1N. The van der Waals surface area contributed by atoms with Crippen LogP contribution in [0.2, 0.25) is 0 Å². The van der Waals surface area contributed by atoms with Crippen molar-refractivity contribution in [3.63, 3.8) is 0 Å². The average molecular weight is 378 g/mol. The highest BCUT2D eigenvalue weighted by molar-refractivity contribution is 6.00. The molecule has 1 saturated carbocycles. The van der Waals surface area contributed by atoms with E-state index in [1.807, 2.05) is 10.6 Å². The van der Waals surface area contributed by atoms with Crippen LogP contribution in [0.5, 0.6) is 0 Å². The van der Waals surface area contributed by atoms with E-state index in [0.29, 0.717) is 34.6 Å². The Kier molecular flexibility index (Phi) is 4.81. The number of fused-ring (bicyclic) bond motifs is 2. The van der Waals surface area contributed by atoms with Gasteiger partial charge >= 0.3 is 0 Å². The molecule has 0 radical (unpaired) electrons. The zero-order valence-corrected chi connectivity index (χ0v) is 15.7. The van der Waals surface area contributed by atoms with Gasteiger partial charge in [-0.05, 0) is 43.9 Å². The summed E-state index contributed by atoms with van der Waals surface area (Å²) in [7, 11) is 0. The van der Waals surface area contributed by atoms with E-state index in [4.69, 9.17) is 10.7 Å². The number of hydrogen-bond donors (Lipinski definition) is 2. The number of nitrogens with two attached hydrogens (primary N) is 1. The lowest BCUT2D eigenvalue weighted by atomic mass is 9.94. The van der Waals surface area contributed by atoms with Gasteiger partial charge < -0.3 is 11.1 Å². The number of anilines is 1. The highest BCUT2D eigenvalue weighted by atomic mass is 16.1. The van der Waals surface area contributed by atoms with Crippen LogP contribution in [-0.4, -0.2) is 21.8 Å². The van der Waals surface area contributed by atoms with Crippen molar-refractivity contribution in [1.29, 1.82) is 0 Å². The first-order valence-electron chi connectivity index (χ1n) is 9.66. The van der Waals surface area contributed by atoms with Gasteiger partial charge in [-0.1, -0.05) is 23.5 Å². The van der Waals surface area contributed by atoms with Crippen LogP contribution in [0.15, 0.2) is 47.9 Å². The van der Waals surface area contributed by atoms with Gasteiger partial charge in [-0.25, -0.2) is 4.57 Å². The number of hydrogen-bond acceptors (Lipinski definition) is 4. The number of nitrogen functional groups attached to an aromatic ring is 1. The lowest BCUT2D eigenvalue weighted by molar-refractivity contribution is -0.689. The molecule has 1 aliphatic rings. The maximum Gasteiger partial charge on any atom is 0.278 e. The number of nitrogens with zero attached hydrogens (tertiary/aromatic N) is 3. The molecule has 0 aromatic carbocycles. The Labute approximate surface area is 162 Å². The molecule has 0 atom stereocenters. The first kappa shape index (κ1) is 18.2. The summed E-state index contributed by atoms with van der Waals surface area (Å²) in [5.74, 6) is 0.0366. The highest BCUT2D eigenvalue weighted by Crippen LogP contribution is 2.27. The fourth-order valence-electron chi connectivity index (χ4n) is 4.01. The topological polar surface area (TPSA) is 93.4 Å². The number of carbonyl (C=O) groups excluding carboxylic acids is 1. The van der Waals surface area contributed by atoms with Crippen molar-refractivity contribution in [2.24, 2.45) is 0 Å². The number of pyridine rings is 2. The van der Waals surface area contributed by atoms with Gasteiger partial charge in [0.25, 0.3) is 17.1 Å². The predicted octanol–water partition coefficient (Wildman–Crippen LogP) is 2.14. The van der Waals surface area contributed by atoms with E-state index in [2.05, 4.69) is 11.9 Å². The van der Waals surface area contributed by atoms with Crippen molar-refractivity contribution in [3.8, 4) is 0 Å². The molecule has 3 heterocycles. The molecule has 1 amide bonds. The third kappa shape index (κ3) is 3.02. The Morgan fingerprint density at radius 2 is 2.14 bits per heavy atom. The van der Waals surface area contributed by atoms with Gasteiger partial charge in [-0.15, -0.1) is 6.58 Å². The second kappa shape index (κ2) is 7.42. The van der Waals surface area contributed by atoms with Crippen LogP contribution in [0.3, 0.4) is 0 Å². The molecule has 0 bridgehead atoms. The molecular formula is C21H24N5O2+. The number of aromatic nitrogens is 3. The molecule has 7 nitrogen and oxygen atoms in total. The van der Waals surface area contributed by atoms with Crippen molar-refractivity contribution >= 4 is 28.4 Å². The molecule has 1 fully saturated rings. The van der Waals surface area contributed by atoms with Crippen LogP contribution >= 0.6 is 0 Å². The summed E-state index contributed by atoms with van der Waals surface area (Å²) in [4.78, 5) is 30.6. The summed E-state index contributed by atoms with van der Waals surface area (Å²) in [5.41, 5.74) is 7.67. The molecule has 0 spiro atoms. The fourth-order valence-corrected chi connectivity index (χ4v) is 4.01. The Balaban J connectivity index is 2.03. The molecule has 0 aliphatic heterocycles. The van der Waals surface area contributed by atoms with Gasteiger partial charge in [0.1, 0.15) is 10.9 Å². The van der Waals surface area contributed by atoms with Gasteiger partial charge in [0, 0.05) is 12.7 Å². The Bertz CT molecular complexity index is 1130. The molecule has 144 valence electrons. The summed E-state index contributed by atoms with van der Waals surface area (Å²) in [5, 5.41) is 3.16. The van der Waals surface area contributed by atoms with Crippen molar-refractivity contribution < 1.29 is 9.36 Å². The van der Waals surface area contributed by atoms with E-state index in [9.17, 15) is 9.59 Å². The van der Waals surface area contributed by atoms with Gasteiger partial charge in [-0.2, -0.15) is 0 Å². The van der Waals surface area contributed by atoms with E-state index in [1.165, 1.54) is 10.8 Å². The minimum Gasteiger partial charge on any atom is -0.348 e. The van der Waals surface area contributed by atoms with Crippen molar-refractivity contribution in [3.05, 3.63) is 59.0 Å². The predicted molar refractivity (Wildman–Crippen MR) is 108 cm³/mol. The van der Waals surface area contributed by atoms with E-state index in [1.54, 1.807) is 30.5 Å². The van der Waals surface area contributed by atoms with Gasteiger partial charge in [0.15, 0.2) is 0 Å². The molecule has 4 rings (SSSR count). The van der Waals surface area contributed by atoms with Gasteiger partial charge in [0.05, 0.1) is 6.04 Å². The molecule has 28 heavy (non-hydrogen) atoms. The molecule has 3 aromatic heterocycles. The summed E-state index contributed by atoms with van der Waals surface area (Å²) < 4.78 is 3.40. The van der Waals surface area contributed by atoms with Gasteiger partial charge in [0.2, 0.25) is 11.5 Å². The largest absolute Gasteiger partial charge is 0.348 e. The lowest BCUT2D eigenvalue weighted by Crippen LogP contribution is -2.47. The van der Waals surface area contributed by atoms with E-state index in [-0.39, 0.29) is 17.5 Å². The van der Waals surface area contributed by atoms with E-state index in [0.717, 1.165) is 25.7 Å². The third-order valence-corrected chi connectivity index (χ3v) is 5.39. The second-order valence-corrected chi connectivity index (χ2v) is 7.19. The van der Waals surface area contributed by atoms with Crippen LogP contribution in [-0.2, 0) is 0 Å². The molecule has 1 aliphatic carbocycles. The van der Waals surface area contributed by atoms with E-state index >= 15 is 0 Å². The molecule has 3 N–H and O–H groups in total. The number of nitrogens with one attached hydrogen (secondary N) is 1. The minimum atomic E-state index is -0.318. The van der Waals surface area contributed by atoms with Crippen molar-refractivity contribution in [2.75, 3.05) is 12.3 Å². The lowest BCUT2D eigenvalue weighted by Gasteiger charge is -2.23. The summed E-state index contributed by atoms with van der Waals surface area (Å²) in [6, 6.07) is 7.12. The molecular weight excluding hydrogens is 354 g/mol. The molecule has 7 heteroatoms. The highest BCUT2D eigenvalue weighted by Gasteiger charge is 2.29. The molecule has 0 saturated heterocycles. The molecule has 3 aromatic rings. The van der Waals surface area contributed by atoms with Crippen LogP contribution in [0.25, 0.3) is 16.7 Å². The quantitative estimate of drug-likeness (QED) is 0.413. The van der Waals surface area contributed by atoms with Crippen LogP contribution in [0.4, 0.5) is 5.82 Å². The minimum absolute atomic E-state index is 0.126. The molecule has 0 unspecified atom stereocenters. The summed E-state index contributed by atoms with van der Waals surface area (Å²) >= 11 is 0.